The van der Waals surface area contributed by atoms with E-state index in [2.05, 4.69) is 0 Å². The van der Waals surface area contributed by atoms with Gasteiger partial charge in [-0.3, -0.25) is 0 Å². The van der Waals surface area contributed by atoms with E-state index in [1.807, 2.05) is 42.7 Å². The van der Waals surface area contributed by atoms with Gasteiger partial charge in [0.05, 0.1) is 5.02 Å². The molecule has 0 bridgehead atoms. The van der Waals surface area contributed by atoms with Gasteiger partial charge in [-0.25, -0.2) is 0 Å². The van der Waals surface area contributed by atoms with Crippen molar-refractivity contribution in [3.63, 3.8) is 0 Å². The molecule has 0 atom stereocenters. The lowest BCUT2D eigenvalue weighted by molar-refractivity contribution is 0.474. The summed E-state index contributed by atoms with van der Waals surface area (Å²) < 4.78 is 5.85. The zero-order valence-corrected chi connectivity index (χ0v) is 11.6. The van der Waals surface area contributed by atoms with Crippen molar-refractivity contribution in [2.75, 3.05) is 6.26 Å². The van der Waals surface area contributed by atoms with Crippen LogP contribution in [0.15, 0.2) is 47.4 Å². The summed E-state index contributed by atoms with van der Waals surface area (Å²) in [6.07, 6.45) is 2.02. The van der Waals surface area contributed by atoms with Crippen molar-refractivity contribution >= 4 is 23.4 Å². The summed E-state index contributed by atoms with van der Waals surface area (Å²) >= 11 is 7.74. The monoisotopic (exact) mass is 279 g/mol. The second-order valence-corrected chi connectivity index (χ2v) is 4.93. The minimum atomic E-state index is 0.441. The van der Waals surface area contributed by atoms with Gasteiger partial charge in [-0.15, -0.1) is 11.8 Å². The van der Waals surface area contributed by atoms with Gasteiger partial charge in [-0.2, -0.15) is 0 Å². The minimum Gasteiger partial charge on any atom is -0.455 e. The molecular weight excluding hydrogens is 266 g/mol. The van der Waals surface area contributed by atoms with Gasteiger partial charge in [-0.1, -0.05) is 29.8 Å². The molecule has 2 aromatic carbocycles. The van der Waals surface area contributed by atoms with Gasteiger partial charge in [0.25, 0.3) is 0 Å². The second-order valence-electron chi connectivity index (χ2n) is 3.67. The summed E-state index contributed by atoms with van der Waals surface area (Å²) in [6, 6.07) is 13.3. The zero-order chi connectivity index (χ0) is 13.0. The molecule has 0 aromatic heterocycles. The summed E-state index contributed by atoms with van der Waals surface area (Å²) in [5.74, 6) is 1.41. The molecule has 2 nitrogen and oxygen atoms in total. The molecule has 0 aliphatic heterocycles. The molecule has 0 spiro atoms. The van der Waals surface area contributed by atoms with Gasteiger partial charge >= 0.3 is 0 Å². The lowest BCUT2D eigenvalue weighted by Crippen LogP contribution is -2.01. The van der Waals surface area contributed by atoms with Crippen LogP contribution >= 0.6 is 23.4 Å². The Bertz CT molecular complexity index is 545. The number of hydrogen-bond donors (Lipinski definition) is 1. The van der Waals surface area contributed by atoms with Crippen molar-refractivity contribution in [2.45, 2.75) is 11.4 Å². The van der Waals surface area contributed by atoms with Crippen LogP contribution in [-0.4, -0.2) is 6.26 Å². The summed E-state index contributed by atoms with van der Waals surface area (Å²) in [6.45, 7) is 0.441. The first-order valence-electron chi connectivity index (χ1n) is 5.54. The van der Waals surface area contributed by atoms with E-state index in [-0.39, 0.29) is 0 Å². The van der Waals surface area contributed by atoms with Gasteiger partial charge in [0.15, 0.2) is 0 Å². The largest absolute Gasteiger partial charge is 0.455 e. The number of benzene rings is 2. The molecule has 0 unspecified atom stereocenters. The van der Waals surface area contributed by atoms with Gasteiger partial charge in [0.1, 0.15) is 11.5 Å². The number of thioether (sulfide) groups is 1. The third-order valence-corrected chi connectivity index (χ3v) is 3.71. The molecule has 0 fully saturated rings. The van der Waals surface area contributed by atoms with Crippen LogP contribution in [0.5, 0.6) is 11.5 Å². The summed E-state index contributed by atoms with van der Waals surface area (Å²) in [5.41, 5.74) is 6.80. The fraction of sp³-hybridized carbons (Fsp3) is 0.143. The minimum absolute atomic E-state index is 0.441. The second kappa shape index (κ2) is 6.14. The zero-order valence-electron chi connectivity index (χ0n) is 10.0. The number of nitrogens with two attached hydrogens (primary N) is 1. The van der Waals surface area contributed by atoms with Crippen molar-refractivity contribution in [1.29, 1.82) is 0 Å². The normalized spacial score (nSPS) is 10.4. The van der Waals surface area contributed by atoms with Gasteiger partial charge in [-0.05, 0) is 30.5 Å². The predicted octanol–water partition coefficient (Wildman–Crippen LogP) is 4.31. The van der Waals surface area contributed by atoms with E-state index >= 15 is 0 Å². The molecular formula is C14H14ClNOS. The molecule has 4 heteroatoms. The third-order valence-electron chi connectivity index (χ3n) is 2.57. The van der Waals surface area contributed by atoms with Gasteiger partial charge in [0.2, 0.25) is 0 Å². The van der Waals surface area contributed by atoms with E-state index in [4.69, 9.17) is 22.1 Å². The number of hydrogen-bond acceptors (Lipinski definition) is 3. The summed E-state index contributed by atoms with van der Waals surface area (Å²) in [5, 5.41) is 0.593. The van der Waals surface area contributed by atoms with Crippen molar-refractivity contribution in [3.8, 4) is 11.5 Å². The van der Waals surface area contributed by atoms with Gasteiger partial charge in [0, 0.05) is 17.0 Å². The molecule has 18 heavy (non-hydrogen) atoms. The SMILES string of the molecule is CSc1cccc(Oc2ccccc2Cl)c1CN. The smallest absolute Gasteiger partial charge is 0.146 e. The molecule has 94 valence electrons. The lowest BCUT2D eigenvalue weighted by Gasteiger charge is -2.13. The summed E-state index contributed by atoms with van der Waals surface area (Å²) in [4.78, 5) is 1.13. The Morgan fingerprint density at radius 2 is 1.83 bits per heavy atom. The topological polar surface area (TPSA) is 35.2 Å². The Morgan fingerprint density at radius 1 is 1.11 bits per heavy atom. The highest BCUT2D eigenvalue weighted by molar-refractivity contribution is 7.98. The predicted molar refractivity (Wildman–Crippen MR) is 77.6 cm³/mol. The maximum atomic E-state index is 6.08. The Labute approximate surface area is 116 Å². The molecule has 0 aliphatic carbocycles. The Balaban J connectivity index is 2.37. The van der Waals surface area contributed by atoms with Crippen LogP contribution in [0.1, 0.15) is 5.56 Å². The van der Waals surface area contributed by atoms with Crippen LogP contribution in [0.3, 0.4) is 0 Å². The Kier molecular flexibility index (Phi) is 4.53. The average molecular weight is 280 g/mol. The van der Waals surface area contributed by atoms with Crippen LogP contribution in [0.2, 0.25) is 5.02 Å². The molecule has 0 saturated heterocycles. The molecule has 2 rings (SSSR count). The highest BCUT2D eigenvalue weighted by Gasteiger charge is 2.09. The van der Waals surface area contributed by atoms with E-state index in [9.17, 15) is 0 Å². The molecule has 0 radical (unpaired) electrons. The fourth-order valence-corrected chi connectivity index (χ4v) is 2.50. The van der Waals surface area contributed by atoms with Crippen LogP contribution in [-0.2, 0) is 6.54 Å². The molecule has 2 aromatic rings. The van der Waals surface area contributed by atoms with Crippen LogP contribution < -0.4 is 10.5 Å². The van der Waals surface area contributed by atoms with Crippen molar-refractivity contribution in [2.24, 2.45) is 5.73 Å². The fourth-order valence-electron chi connectivity index (χ4n) is 1.68. The molecule has 0 saturated carbocycles. The van der Waals surface area contributed by atoms with Crippen LogP contribution in [0.25, 0.3) is 0 Å². The van der Waals surface area contributed by atoms with Crippen molar-refractivity contribution in [1.82, 2.24) is 0 Å². The number of ether oxygens (including phenoxy) is 1. The van der Waals surface area contributed by atoms with E-state index < -0.39 is 0 Å². The molecule has 0 amide bonds. The van der Waals surface area contributed by atoms with Gasteiger partial charge < -0.3 is 10.5 Å². The van der Waals surface area contributed by atoms with E-state index in [0.29, 0.717) is 17.3 Å². The standard InChI is InChI=1S/C14H14ClNOS/c1-18-14-8-4-7-12(10(14)9-16)17-13-6-3-2-5-11(13)15/h2-8H,9,16H2,1H3. The Hall–Kier alpha value is -1.16. The molecule has 0 aliphatic rings. The highest BCUT2D eigenvalue weighted by atomic mass is 35.5. The van der Waals surface area contributed by atoms with Crippen LogP contribution in [0, 0.1) is 0 Å². The summed E-state index contributed by atoms with van der Waals surface area (Å²) in [7, 11) is 0. The van der Waals surface area contributed by atoms with E-state index in [1.165, 1.54) is 0 Å². The highest BCUT2D eigenvalue weighted by Crippen LogP contribution is 2.34. The van der Waals surface area contributed by atoms with E-state index in [0.717, 1.165) is 16.2 Å². The molecule has 0 heterocycles. The third kappa shape index (κ3) is 2.80. The van der Waals surface area contributed by atoms with Crippen molar-refractivity contribution in [3.05, 3.63) is 53.1 Å². The number of para-hydroxylation sites is 1. The molecule has 2 N–H and O–H groups in total. The average Bonchev–Trinajstić information content (AvgIpc) is 2.41. The maximum absolute atomic E-state index is 6.08. The lowest BCUT2D eigenvalue weighted by atomic mass is 10.2. The number of halogens is 1. The van der Waals surface area contributed by atoms with Crippen LogP contribution in [0.4, 0.5) is 0 Å². The van der Waals surface area contributed by atoms with E-state index in [1.54, 1.807) is 17.8 Å². The first kappa shape index (κ1) is 13.3. The quantitative estimate of drug-likeness (QED) is 0.847. The first-order valence-corrected chi connectivity index (χ1v) is 7.15. The first-order chi connectivity index (χ1) is 8.76. The number of rotatable bonds is 4. The maximum Gasteiger partial charge on any atom is 0.146 e. The Morgan fingerprint density at radius 3 is 2.50 bits per heavy atom. The van der Waals surface area contributed by atoms with Crippen molar-refractivity contribution < 1.29 is 4.74 Å².